The minimum atomic E-state index is -0.127. The third-order valence-electron chi connectivity index (χ3n) is 8.85. The van der Waals surface area contributed by atoms with E-state index in [1.165, 1.54) is 42.5 Å². The first kappa shape index (κ1) is 25.7. The van der Waals surface area contributed by atoms with Crippen LogP contribution in [0.4, 0.5) is 5.69 Å². The molecule has 2 aliphatic heterocycles. The Morgan fingerprint density at radius 3 is 2.70 bits per heavy atom. The van der Waals surface area contributed by atoms with Gasteiger partial charge in [-0.2, -0.15) is 0 Å². The lowest BCUT2D eigenvalue weighted by Gasteiger charge is -2.41. The fraction of sp³-hybridized carbons (Fsp3) is 0.581. The largest absolute Gasteiger partial charge is 0.469 e. The Bertz CT molecular complexity index is 1090. The molecule has 3 aliphatic rings. The molecule has 0 spiro atoms. The van der Waals surface area contributed by atoms with Crippen molar-refractivity contribution in [1.82, 2.24) is 9.88 Å². The summed E-state index contributed by atoms with van der Waals surface area (Å²) in [6.45, 7) is 2.46. The number of carbonyl (C=O) groups is 2. The second-order valence-corrected chi connectivity index (χ2v) is 11.1. The maximum atomic E-state index is 13.0. The number of pyridine rings is 1. The molecule has 0 radical (unpaired) electrons. The van der Waals surface area contributed by atoms with Gasteiger partial charge in [0.15, 0.2) is 0 Å². The number of rotatable bonds is 8. The van der Waals surface area contributed by atoms with E-state index in [4.69, 9.17) is 9.72 Å². The normalized spacial score (nSPS) is 20.4. The van der Waals surface area contributed by atoms with Crippen LogP contribution in [0.1, 0.15) is 67.5 Å². The van der Waals surface area contributed by atoms with Crippen LogP contribution in [0.5, 0.6) is 0 Å². The van der Waals surface area contributed by atoms with Crippen molar-refractivity contribution < 1.29 is 14.3 Å². The van der Waals surface area contributed by atoms with Crippen LogP contribution in [-0.2, 0) is 40.0 Å². The Morgan fingerprint density at radius 1 is 1.05 bits per heavy atom. The fourth-order valence-electron chi connectivity index (χ4n) is 6.69. The Labute approximate surface area is 221 Å². The van der Waals surface area contributed by atoms with Gasteiger partial charge >= 0.3 is 5.97 Å². The number of benzene rings is 1. The third kappa shape index (κ3) is 6.34. The molecule has 2 atom stereocenters. The quantitative estimate of drug-likeness (QED) is 0.514. The molecule has 2 unspecified atom stereocenters. The van der Waals surface area contributed by atoms with E-state index in [2.05, 4.69) is 41.7 Å². The van der Waals surface area contributed by atoms with Gasteiger partial charge in [0.25, 0.3) is 0 Å². The van der Waals surface area contributed by atoms with Crippen molar-refractivity contribution in [2.24, 2.45) is 17.8 Å². The Kier molecular flexibility index (Phi) is 8.42. The molecule has 0 saturated carbocycles. The highest BCUT2D eigenvalue weighted by atomic mass is 16.5. The topological polar surface area (TPSA) is 71.5 Å². The van der Waals surface area contributed by atoms with Gasteiger partial charge in [0, 0.05) is 49.6 Å². The number of methoxy groups -OCH3 is 1. The summed E-state index contributed by atoms with van der Waals surface area (Å²) in [5.74, 6) is 1.22. The van der Waals surface area contributed by atoms with Crippen LogP contribution in [0.3, 0.4) is 0 Å². The number of ether oxygens (including phenoxy) is 1. The summed E-state index contributed by atoms with van der Waals surface area (Å²) >= 11 is 0. The minimum absolute atomic E-state index is 0.127. The number of fused-ring (bicyclic) bond motifs is 2. The summed E-state index contributed by atoms with van der Waals surface area (Å²) in [4.78, 5) is 32.2. The molecular formula is C31H41N3O3. The van der Waals surface area contributed by atoms with E-state index < -0.39 is 0 Å². The summed E-state index contributed by atoms with van der Waals surface area (Å²) in [6.07, 6.45) is 10.4. The lowest BCUT2D eigenvalue weighted by molar-refractivity contribution is -0.143. The van der Waals surface area contributed by atoms with Crippen molar-refractivity contribution >= 4 is 17.6 Å². The zero-order chi connectivity index (χ0) is 25.6. The molecule has 6 nitrogen and oxygen atoms in total. The number of hydrogen-bond acceptors (Lipinski definition) is 5. The van der Waals surface area contributed by atoms with Crippen molar-refractivity contribution in [3.8, 4) is 0 Å². The highest BCUT2D eigenvalue weighted by Crippen LogP contribution is 2.38. The number of aryl methyl sites for hydroxylation is 3. The number of nitrogens with one attached hydrogen (secondary N) is 1. The van der Waals surface area contributed by atoms with Crippen LogP contribution in [-0.4, -0.2) is 48.5 Å². The van der Waals surface area contributed by atoms with E-state index in [0.29, 0.717) is 24.7 Å². The highest BCUT2D eigenvalue weighted by molar-refractivity contribution is 5.76. The van der Waals surface area contributed by atoms with Crippen LogP contribution in [0.25, 0.3) is 0 Å². The molecule has 1 N–H and O–H groups in total. The number of likely N-dealkylation sites (tertiary alicyclic amines) is 1. The molecule has 1 amide bonds. The summed E-state index contributed by atoms with van der Waals surface area (Å²) in [5, 5.41) is 3.58. The predicted octanol–water partition coefficient (Wildman–Crippen LogP) is 4.99. The predicted molar refractivity (Wildman–Crippen MR) is 145 cm³/mol. The van der Waals surface area contributed by atoms with Crippen LogP contribution in [0, 0.1) is 17.8 Å². The zero-order valence-electron chi connectivity index (χ0n) is 22.2. The number of piperidine rings is 1. The number of aromatic nitrogens is 1. The minimum Gasteiger partial charge on any atom is -0.469 e. The van der Waals surface area contributed by atoms with Crippen LogP contribution in [0.2, 0.25) is 0 Å². The average molecular weight is 504 g/mol. The summed E-state index contributed by atoms with van der Waals surface area (Å²) in [6, 6.07) is 12.9. The SMILES string of the molecule is COC(=O)CC(C1CCN(C(=O)CCCc2ccc3c(n2)CCCC3)CC1)C1CNc2ccccc2C1. The molecule has 5 rings (SSSR count). The van der Waals surface area contributed by atoms with Crippen molar-refractivity contribution in [2.75, 3.05) is 32.1 Å². The maximum absolute atomic E-state index is 13.0. The number of amides is 1. The van der Waals surface area contributed by atoms with E-state index in [1.807, 2.05) is 4.90 Å². The zero-order valence-corrected chi connectivity index (χ0v) is 22.2. The molecule has 37 heavy (non-hydrogen) atoms. The molecule has 1 fully saturated rings. The summed E-state index contributed by atoms with van der Waals surface area (Å²) in [7, 11) is 1.48. The van der Waals surface area contributed by atoms with Crippen LogP contribution >= 0.6 is 0 Å². The number of para-hydroxylation sites is 1. The molecule has 0 bridgehead atoms. The maximum Gasteiger partial charge on any atom is 0.305 e. The molecule has 6 heteroatoms. The summed E-state index contributed by atoms with van der Waals surface area (Å²) in [5.41, 5.74) is 6.35. The summed E-state index contributed by atoms with van der Waals surface area (Å²) < 4.78 is 5.07. The van der Waals surface area contributed by atoms with Gasteiger partial charge in [-0.05, 0) is 98.8 Å². The van der Waals surface area contributed by atoms with E-state index in [9.17, 15) is 9.59 Å². The highest BCUT2D eigenvalue weighted by Gasteiger charge is 2.36. The van der Waals surface area contributed by atoms with Crippen LogP contribution in [0.15, 0.2) is 36.4 Å². The fourth-order valence-corrected chi connectivity index (χ4v) is 6.69. The number of esters is 1. The van der Waals surface area contributed by atoms with Gasteiger partial charge in [-0.25, -0.2) is 0 Å². The average Bonchev–Trinajstić information content (AvgIpc) is 2.95. The lowest BCUT2D eigenvalue weighted by atomic mass is 9.71. The van der Waals surface area contributed by atoms with Gasteiger partial charge in [-0.15, -0.1) is 0 Å². The molecule has 1 aromatic heterocycles. The Morgan fingerprint density at radius 2 is 1.86 bits per heavy atom. The van der Waals surface area contributed by atoms with Gasteiger partial charge in [-0.3, -0.25) is 14.6 Å². The third-order valence-corrected chi connectivity index (χ3v) is 8.85. The molecule has 2 aromatic rings. The first-order chi connectivity index (χ1) is 18.1. The van der Waals surface area contributed by atoms with Gasteiger partial charge < -0.3 is 15.0 Å². The first-order valence-electron chi connectivity index (χ1n) is 14.2. The van der Waals surface area contributed by atoms with Crippen molar-refractivity contribution in [1.29, 1.82) is 0 Å². The molecule has 198 valence electrons. The molecule has 1 aromatic carbocycles. The van der Waals surface area contributed by atoms with Crippen molar-refractivity contribution in [3.63, 3.8) is 0 Å². The number of nitrogens with zero attached hydrogens (tertiary/aromatic N) is 2. The monoisotopic (exact) mass is 503 g/mol. The molecule has 1 aliphatic carbocycles. The lowest BCUT2D eigenvalue weighted by Crippen LogP contribution is -2.43. The van der Waals surface area contributed by atoms with Crippen molar-refractivity contribution in [2.45, 2.75) is 70.6 Å². The smallest absolute Gasteiger partial charge is 0.305 e. The van der Waals surface area contributed by atoms with Gasteiger partial charge in [0.1, 0.15) is 0 Å². The number of anilines is 1. The standard InChI is InChI=1S/C31H41N3O3/c1-37-31(36)20-27(25-19-24-8-3-4-10-28(24)32-21-25)22-15-17-34(18-16-22)30(35)12-6-9-26-14-13-23-7-2-5-11-29(23)33-26/h3-4,8,10,13-14,22,25,27,32H,2,5-7,9,11-12,15-21H2,1H3. The van der Waals surface area contributed by atoms with Crippen LogP contribution < -0.4 is 5.32 Å². The second-order valence-electron chi connectivity index (χ2n) is 11.1. The molecule has 1 saturated heterocycles. The van der Waals surface area contributed by atoms with E-state index in [0.717, 1.165) is 70.3 Å². The van der Waals surface area contributed by atoms with Gasteiger partial charge in [0.05, 0.1) is 7.11 Å². The number of hydrogen-bond donors (Lipinski definition) is 1. The first-order valence-corrected chi connectivity index (χ1v) is 14.2. The molecule has 3 heterocycles. The molecular weight excluding hydrogens is 462 g/mol. The van der Waals surface area contributed by atoms with Gasteiger partial charge in [-0.1, -0.05) is 24.3 Å². The number of carbonyl (C=O) groups excluding carboxylic acids is 2. The second kappa shape index (κ2) is 12.1. The van der Waals surface area contributed by atoms with E-state index in [-0.39, 0.29) is 17.8 Å². The Hall–Kier alpha value is -2.89. The van der Waals surface area contributed by atoms with Gasteiger partial charge in [0.2, 0.25) is 5.91 Å². The van der Waals surface area contributed by atoms with Crippen molar-refractivity contribution in [3.05, 3.63) is 58.9 Å². The van der Waals surface area contributed by atoms with E-state index >= 15 is 0 Å². The Balaban J connectivity index is 1.12. The van der Waals surface area contributed by atoms with E-state index in [1.54, 1.807) is 0 Å².